The second-order valence-electron chi connectivity index (χ2n) is 7.88. The van der Waals surface area contributed by atoms with E-state index in [1.54, 1.807) is 55.7 Å². The third-order valence-corrected chi connectivity index (χ3v) is 6.78. The molecule has 0 atom stereocenters. The zero-order valence-electron chi connectivity index (χ0n) is 19.1. The predicted octanol–water partition coefficient (Wildman–Crippen LogP) is 6.26. The summed E-state index contributed by atoms with van der Waals surface area (Å²) in [5, 5.41) is -0.475. The minimum atomic E-state index is -0.496. The van der Waals surface area contributed by atoms with Crippen molar-refractivity contribution in [2.45, 2.75) is 13.5 Å². The summed E-state index contributed by atoms with van der Waals surface area (Å²) in [6.45, 7) is 2.11. The van der Waals surface area contributed by atoms with E-state index in [1.165, 1.54) is 5.56 Å². The SMILES string of the molecule is COc1cc(/C=C2/SC(=O)N(CC(=O)c3ccc(Br)cc3)C2=O)ccc1OCc1ccc(C)cc1. The highest BCUT2D eigenvalue weighted by atomic mass is 79.9. The summed E-state index contributed by atoms with van der Waals surface area (Å²) >= 11 is 4.13. The number of carbonyl (C=O) groups excluding carboxylic acids is 3. The summed E-state index contributed by atoms with van der Waals surface area (Å²) in [6, 6.07) is 20.1. The second-order valence-corrected chi connectivity index (χ2v) is 9.79. The number of carbonyl (C=O) groups is 3. The first-order valence-electron chi connectivity index (χ1n) is 10.7. The van der Waals surface area contributed by atoms with E-state index in [1.807, 2.05) is 31.2 Å². The first kappa shape index (κ1) is 24.8. The van der Waals surface area contributed by atoms with E-state index in [-0.39, 0.29) is 17.2 Å². The molecule has 0 radical (unpaired) electrons. The van der Waals surface area contributed by atoms with Gasteiger partial charge in [0, 0.05) is 10.0 Å². The van der Waals surface area contributed by atoms with Crippen molar-refractivity contribution in [2.75, 3.05) is 13.7 Å². The zero-order chi connectivity index (χ0) is 24.9. The fourth-order valence-corrected chi connectivity index (χ4v) is 4.50. The van der Waals surface area contributed by atoms with Gasteiger partial charge in [-0.2, -0.15) is 0 Å². The lowest BCUT2D eigenvalue weighted by molar-refractivity contribution is -0.122. The Kier molecular flexibility index (Phi) is 7.73. The fraction of sp³-hybridized carbons (Fsp3) is 0.148. The highest BCUT2D eigenvalue weighted by Gasteiger charge is 2.36. The molecule has 0 bridgehead atoms. The molecule has 1 aliphatic heterocycles. The van der Waals surface area contributed by atoms with Gasteiger partial charge in [-0.25, -0.2) is 0 Å². The Morgan fingerprint density at radius 2 is 1.71 bits per heavy atom. The number of ether oxygens (including phenoxy) is 2. The number of imide groups is 1. The first-order chi connectivity index (χ1) is 16.8. The summed E-state index contributed by atoms with van der Waals surface area (Å²) < 4.78 is 12.2. The number of hydrogen-bond acceptors (Lipinski definition) is 6. The van der Waals surface area contributed by atoms with Crippen LogP contribution < -0.4 is 9.47 Å². The average molecular weight is 552 g/mol. The van der Waals surface area contributed by atoms with Gasteiger partial charge in [-0.15, -0.1) is 0 Å². The van der Waals surface area contributed by atoms with Crippen LogP contribution in [0.5, 0.6) is 11.5 Å². The highest BCUT2D eigenvalue weighted by Crippen LogP contribution is 2.35. The highest BCUT2D eigenvalue weighted by molar-refractivity contribution is 9.10. The molecule has 0 spiro atoms. The topological polar surface area (TPSA) is 72.9 Å². The molecule has 2 amide bonds. The molecule has 1 aliphatic rings. The molecule has 6 nitrogen and oxygen atoms in total. The van der Waals surface area contributed by atoms with Crippen molar-refractivity contribution in [3.05, 3.63) is 98.4 Å². The summed E-state index contributed by atoms with van der Waals surface area (Å²) in [5.41, 5.74) is 3.32. The van der Waals surface area contributed by atoms with Gasteiger partial charge in [0.05, 0.1) is 18.6 Å². The van der Waals surface area contributed by atoms with Gasteiger partial charge >= 0.3 is 0 Å². The Labute approximate surface area is 216 Å². The fourth-order valence-electron chi connectivity index (χ4n) is 3.40. The van der Waals surface area contributed by atoms with Crippen LogP contribution in [0, 0.1) is 6.92 Å². The Balaban J connectivity index is 1.46. The smallest absolute Gasteiger partial charge is 0.293 e. The largest absolute Gasteiger partial charge is 0.493 e. The third kappa shape index (κ3) is 6.01. The number of benzene rings is 3. The molecule has 1 fully saturated rings. The van der Waals surface area contributed by atoms with Crippen LogP contribution in [0.3, 0.4) is 0 Å². The monoisotopic (exact) mass is 551 g/mol. The van der Waals surface area contributed by atoms with Crippen LogP contribution >= 0.6 is 27.7 Å². The van der Waals surface area contributed by atoms with Crippen molar-refractivity contribution in [3.63, 3.8) is 0 Å². The molecule has 4 rings (SSSR count). The Hall–Kier alpha value is -3.36. The number of thioether (sulfide) groups is 1. The number of hydrogen-bond donors (Lipinski definition) is 0. The van der Waals surface area contributed by atoms with Gasteiger partial charge in [-0.05, 0) is 60.2 Å². The standard InChI is InChI=1S/C27H22BrNO5S/c1-17-3-5-18(6-4-17)16-34-23-12-7-19(13-24(23)33-2)14-25-26(31)29(27(32)35-25)15-22(30)20-8-10-21(28)11-9-20/h3-14H,15-16H2,1-2H3/b25-14+. The van der Waals surface area contributed by atoms with Crippen LogP contribution in [0.1, 0.15) is 27.0 Å². The lowest BCUT2D eigenvalue weighted by atomic mass is 10.1. The van der Waals surface area contributed by atoms with E-state index >= 15 is 0 Å². The maximum atomic E-state index is 12.8. The molecule has 0 unspecified atom stereocenters. The van der Waals surface area contributed by atoms with Crippen molar-refractivity contribution in [2.24, 2.45) is 0 Å². The van der Waals surface area contributed by atoms with Crippen LogP contribution in [0.2, 0.25) is 0 Å². The van der Waals surface area contributed by atoms with Gasteiger partial charge < -0.3 is 9.47 Å². The molecule has 3 aromatic carbocycles. The van der Waals surface area contributed by atoms with Gasteiger partial charge in [0.25, 0.3) is 11.1 Å². The minimum absolute atomic E-state index is 0.244. The molecule has 0 N–H and O–H groups in total. The molecule has 3 aromatic rings. The number of Topliss-reactive ketones (excluding diaryl/α,β-unsaturated/α-hetero) is 1. The number of aryl methyl sites for hydroxylation is 1. The van der Waals surface area contributed by atoms with Crippen LogP contribution in [-0.4, -0.2) is 35.5 Å². The van der Waals surface area contributed by atoms with Gasteiger partial charge in [-0.3, -0.25) is 19.3 Å². The van der Waals surface area contributed by atoms with E-state index in [9.17, 15) is 14.4 Å². The van der Waals surface area contributed by atoms with Crippen molar-refractivity contribution in [1.29, 1.82) is 0 Å². The van der Waals surface area contributed by atoms with Gasteiger partial charge in [-0.1, -0.05) is 64.0 Å². The average Bonchev–Trinajstić information content (AvgIpc) is 3.11. The summed E-state index contributed by atoms with van der Waals surface area (Å²) in [7, 11) is 1.54. The summed E-state index contributed by atoms with van der Waals surface area (Å²) in [6.07, 6.45) is 1.61. The second kappa shape index (κ2) is 10.9. The van der Waals surface area contributed by atoms with Gasteiger partial charge in [0.2, 0.25) is 0 Å². The van der Waals surface area contributed by atoms with Crippen molar-refractivity contribution >= 4 is 50.7 Å². The van der Waals surface area contributed by atoms with Crippen LogP contribution in [0.25, 0.3) is 6.08 Å². The van der Waals surface area contributed by atoms with E-state index in [0.717, 1.165) is 26.7 Å². The van der Waals surface area contributed by atoms with Gasteiger partial charge in [0.1, 0.15) is 6.61 Å². The lowest BCUT2D eigenvalue weighted by Crippen LogP contribution is -2.33. The summed E-state index contributed by atoms with van der Waals surface area (Å²) in [5.74, 6) is 0.274. The van der Waals surface area contributed by atoms with E-state index in [4.69, 9.17) is 9.47 Å². The molecule has 0 saturated carbocycles. The van der Waals surface area contributed by atoms with Crippen molar-refractivity contribution in [3.8, 4) is 11.5 Å². The number of ketones is 1. The normalized spacial score (nSPS) is 14.5. The van der Waals surface area contributed by atoms with E-state index < -0.39 is 11.1 Å². The summed E-state index contributed by atoms with van der Waals surface area (Å²) in [4.78, 5) is 39.1. The molecule has 178 valence electrons. The Morgan fingerprint density at radius 1 is 1.00 bits per heavy atom. The molecular weight excluding hydrogens is 530 g/mol. The molecule has 0 aliphatic carbocycles. The molecule has 35 heavy (non-hydrogen) atoms. The maximum absolute atomic E-state index is 12.8. The number of halogens is 1. The maximum Gasteiger partial charge on any atom is 0.293 e. The van der Waals surface area contributed by atoms with Crippen molar-refractivity contribution < 1.29 is 23.9 Å². The van der Waals surface area contributed by atoms with E-state index in [2.05, 4.69) is 15.9 Å². The quantitative estimate of drug-likeness (QED) is 0.243. The van der Waals surface area contributed by atoms with Crippen LogP contribution in [0.4, 0.5) is 4.79 Å². The molecule has 1 heterocycles. The lowest BCUT2D eigenvalue weighted by Gasteiger charge is -2.12. The zero-order valence-corrected chi connectivity index (χ0v) is 21.5. The minimum Gasteiger partial charge on any atom is -0.493 e. The number of amides is 2. The van der Waals surface area contributed by atoms with Crippen molar-refractivity contribution in [1.82, 2.24) is 4.90 Å². The predicted molar refractivity (Wildman–Crippen MR) is 140 cm³/mol. The number of rotatable bonds is 8. The Bertz CT molecular complexity index is 1300. The van der Waals surface area contributed by atoms with E-state index in [0.29, 0.717) is 29.2 Å². The molecule has 8 heteroatoms. The molecule has 1 saturated heterocycles. The number of nitrogens with zero attached hydrogens (tertiary/aromatic N) is 1. The van der Waals surface area contributed by atoms with Gasteiger partial charge in [0.15, 0.2) is 17.3 Å². The van der Waals surface area contributed by atoms with Crippen LogP contribution in [0.15, 0.2) is 76.1 Å². The molecular formula is C27H22BrNO5S. The molecule has 0 aromatic heterocycles. The first-order valence-corrected chi connectivity index (χ1v) is 12.4. The third-order valence-electron chi connectivity index (χ3n) is 5.34. The van der Waals surface area contributed by atoms with Crippen LogP contribution in [-0.2, 0) is 11.4 Å². The Morgan fingerprint density at radius 3 is 2.40 bits per heavy atom. The number of methoxy groups -OCH3 is 1.